The van der Waals surface area contributed by atoms with Gasteiger partial charge in [-0.1, -0.05) is 13.8 Å². The van der Waals surface area contributed by atoms with Crippen LogP contribution >= 0.6 is 11.8 Å². The van der Waals surface area contributed by atoms with Crippen LogP contribution in [-0.2, 0) is 4.74 Å². The predicted octanol–water partition coefficient (Wildman–Crippen LogP) is 0.966. The highest BCUT2D eigenvalue weighted by Gasteiger charge is 2.25. The van der Waals surface area contributed by atoms with Gasteiger partial charge < -0.3 is 19.9 Å². The maximum atomic E-state index is 5.81. The molecule has 122 valence electrons. The van der Waals surface area contributed by atoms with Crippen molar-refractivity contribution < 1.29 is 4.74 Å². The Morgan fingerprint density at radius 1 is 1.38 bits per heavy atom. The lowest BCUT2D eigenvalue weighted by Gasteiger charge is -2.37. The van der Waals surface area contributed by atoms with Gasteiger partial charge in [-0.2, -0.15) is 11.8 Å². The number of ether oxygens (including phenoxy) is 1. The summed E-state index contributed by atoms with van der Waals surface area (Å²) in [6, 6.07) is 0. The number of guanidine groups is 1. The Labute approximate surface area is 133 Å². The summed E-state index contributed by atoms with van der Waals surface area (Å²) >= 11 is 2.09. The molecule has 2 atom stereocenters. The average Bonchev–Trinajstić information content (AvgIpc) is 2.48. The zero-order valence-electron chi connectivity index (χ0n) is 13.8. The molecule has 6 heteroatoms. The topological polar surface area (TPSA) is 40.1 Å². The average molecular weight is 314 g/mol. The van der Waals surface area contributed by atoms with E-state index in [1.807, 2.05) is 7.05 Å². The lowest BCUT2D eigenvalue weighted by Crippen LogP contribution is -2.52. The Balaban J connectivity index is 1.82. The molecule has 0 radical (unpaired) electrons. The van der Waals surface area contributed by atoms with E-state index >= 15 is 0 Å². The van der Waals surface area contributed by atoms with Crippen LogP contribution in [0, 0.1) is 5.92 Å². The van der Waals surface area contributed by atoms with Crippen LogP contribution in [0.3, 0.4) is 0 Å². The summed E-state index contributed by atoms with van der Waals surface area (Å²) in [5.41, 5.74) is 0. The van der Waals surface area contributed by atoms with Crippen molar-refractivity contribution in [2.24, 2.45) is 10.9 Å². The summed E-state index contributed by atoms with van der Waals surface area (Å²) in [6.07, 6.45) is 0.264. The van der Waals surface area contributed by atoms with Gasteiger partial charge in [0.05, 0.1) is 12.7 Å². The number of morpholine rings is 1. The van der Waals surface area contributed by atoms with Crippen LogP contribution in [0.25, 0.3) is 0 Å². The van der Waals surface area contributed by atoms with Crippen molar-refractivity contribution in [3.8, 4) is 0 Å². The molecule has 2 unspecified atom stereocenters. The first-order chi connectivity index (χ1) is 10.1. The second-order valence-corrected chi connectivity index (χ2v) is 7.63. The highest BCUT2D eigenvalue weighted by atomic mass is 32.2. The molecule has 0 saturated carbocycles. The molecule has 1 N–H and O–H groups in total. The fourth-order valence-corrected chi connectivity index (χ4v) is 4.10. The summed E-state index contributed by atoms with van der Waals surface area (Å²) in [7, 11) is 4.03. The van der Waals surface area contributed by atoms with E-state index in [9.17, 15) is 0 Å². The molecule has 0 aromatic rings. The number of aliphatic imine (C=N–C) groups is 1. The summed E-state index contributed by atoms with van der Waals surface area (Å²) < 4.78 is 5.81. The monoisotopic (exact) mass is 314 g/mol. The number of rotatable bonds is 3. The number of nitrogens with one attached hydrogen (secondary N) is 1. The Morgan fingerprint density at radius 2 is 2.19 bits per heavy atom. The van der Waals surface area contributed by atoms with Crippen LogP contribution in [0.5, 0.6) is 0 Å². The van der Waals surface area contributed by atoms with Gasteiger partial charge in [0.1, 0.15) is 0 Å². The minimum atomic E-state index is 0.264. The SMILES string of the molecule is CN=C(NCC1CN(C)CCO1)N1CCSC(C(C)C)C1. The first kappa shape index (κ1) is 16.9. The lowest BCUT2D eigenvalue weighted by molar-refractivity contribution is -0.0163. The minimum absolute atomic E-state index is 0.264. The molecule has 0 bridgehead atoms. The van der Waals surface area contributed by atoms with Gasteiger partial charge in [0, 0.05) is 50.8 Å². The van der Waals surface area contributed by atoms with Crippen LogP contribution in [0.1, 0.15) is 13.8 Å². The van der Waals surface area contributed by atoms with Gasteiger partial charge >= 0.3 is 0 Å². The second-order valence-electron chi connectivity index (χ2n) is 6.28. The predicted molar refractivity (Wildman–Crippen MR) is 91.3 cm³/mol. The van der Waals surface area contributed by atoms with Crippen molar-refractivity contribution in [3.63, 3.8) is 0 Å². The van der Waals surface area contributed by atoms with E-state index in [1.165, 1.54) is 5.75 Å². The molecular formula is C15H30N4OS. The third kappa shape index (κ3) is 5.04. The van der Waals surface area contributed by atoms with Gasteiger partial charge in [-0.05, 0) is 13.0 Å². The standard InChI is InChI=1S/C15H30N4OS/c1-12(2)14-11-19(6-8-21-14)15(16-3)17-9-13-10-18(4)5-7-20-13/h12-14H,5-11H2,1-4H3,(H,16,17). The van der Waals surface area contributed by atoms with Crippen LogP contribution < -0.4 is 5.32 Å². The van der Waals surface area contributed by atoms with Crippen molar-refractivity contribution in [1.29, 1.82) is 0 Å². The molecule has 2 aliphatic heterocycles. The Hall–Kier alpha value is -0.460. The number of hydrogen-bond acceptors (Lipinski definition) is 4. The van der Waals surface area contributed by atoms with Crippen LogP contribution in [0.15, 0.2) is 4.99 Å². The maximum absolute atomic E-state index is 5.81. The van der Waals surface area contributed by atoms with Crippen molar-refractivity contribution in [2.45, 2.75) is 25.2 Å². The van der Waals surface area contributed by atoms with Gasteiger partial charge in [0.2, 0.25) is 0 Å². The van der Waals surface area contributed by atoms with Crippen molar-refractivity contribution in [3.05, 3.63) is 0 Å². The zero-order chi connectivity index (χ0) is 15.2. The summed E-state index contributed by atoms with van der Waals surface area (Å²) in [5.74, 6) is 2.93. The molecule has 2 rings (SSSR count). The minimum Gasteiger partial charge on any atom is -0.374 e. The highest BCUT2D eigenvalue weighted by molar-refractivity contribution is 8.00. The smallest absolute Gasteiger partial charge is 0.193 e. The first-order valence-corrected chi connectivity index (χ1v) is 9.02. The number of hydrogen-bond donors (Lipinski definition) is 1. The molecule has 2 heterocycles. The van der Waals surface area contributed by atoms with E-state index in [4.69, 9.17) is 4.74 Å². The maximum Gasteiger partial charge on any atom is 0.193 e. The van der Waals surface area contributed by atoms with Gasteiger partial charge in [0.25, 0.3) is 0 Å². The zero-order valence-corrected chi connectivity index (χ0v) is 14.7. The third-order valence-electron chi connectivity index (χ3n) is 4.18. The normalized spacial score (nSPS) is 29.0. The Kier molecular flexibility index (Phi) is 6.64. The van der Waals surface area contributed by atoms with E-state index in [2.05, 4.69) is 52.8 Å². The number of nitrogens with zero attached hydrogens (tertiary/aromatic N) is 3. The summed E-state index contributed by atoms with van der Waals surface area (Å²) in [4.78, 5) is 9.18. The van der Waals surface area contributed by atoms with Gasteiger partial charge in [0.15, 0.2) is 5.96 Å². The summed E-state index contributed by atoms with van der Waals surface area (Å²) in [6.45, 7) is 10.5. The van der Waals surface area contributed by atoms with E-state index in [-0.39, 0.29) is 6.10 Å². The van der Waals surface area contributed by atoms with E-state index in [0.717, 1.165) is 45.3 Å². The van der Waals surface area contributed by atoms with E-state index < -0.39 is 0 Å². The first-order valence-electron chi connectivity index (χ1n) is 7.97. The molecule has 21 heavy (non-hydrogen) atoms. The van der Waals surface area contributed by atoms with Crippen molar-refractivity contribution >= 4 is 17.7 Å². The van der Waals surface area contributed by atoms with Crippen molar-refractivity contribution in [2.75, 3.05) is 59.2 Å². The summed E-state index contributed by atoms with van der Waals surface area (Å²) in [5, 5.41) is 4.21. The van der Waals surface area contributed by atoms with Gasteiger partial charge in [-0.25, -0.2) is 0 Å². The number of likely N-dealkylation sites (N-methyl/N-ethyl adjacent to an activating group) is 1. The molecule has 2 aliphatic rings. The third-order valence-corrected chi connectivity index (χ3v) is 5.72. The van der Waals surface area contributed by atoms with Gasteiger partial charge in [-0.15, -0.1) is 0 Å². The fraction of sp³-hybridized carbons (Fsp3) is 0.933. The van der Waals surface area contributed by atoms with Gasteiger partial charge in [-0.3, -0.25) is 4.99 Å². The van der Waals surface area contributed by atoms with Crippen LogP contribution in [-0.4, -0.2) is 86.3 Å². The number of thioether (sulfide) groups is 1. The molecule has 0 amide bonds. The molecule has 0 aromatic heterocycles. The Bertz CT molecular complexity index is 351. The highest BCUT2D eigenvalue weighted by Crippen LogP contribution is 2.24. The molecule has 2 saturated heterocycles. The molecule has 0 spiro atoms. The van der Waals surface area contributed by atoms with E-state index in [0.29, 0.717) is 11.2 Å². The Morgan fingerprint density at radius 3 is 2.86 bits per heavy atom. The molecular weight excluding hydrogens is 284 g/mol. The van der Waals surface area contributed by atoms with Crippen LogP contribution in [0.2, 0.25) is 0 Å². The largest absolute Gasteiger partial charge is 0.374 e. The molecule has 5 nitrogen and oxygen atoms in total. The van der Waals surface area contributed by atoms with Crippen molar-refractivity contribution in [1.82, 2.24) is 15.1 Å². The quantitative estimate of drug-likeness (QED) is 0.621. The molecule has 2 fully saturated rings. The van der Waals surface area contributed by atoms with Crippen LogP contribution in [0.4, 0.5) is 0 Å². The lowest BCUT2D eigenvalue weighted by atomic mass is 10.1. The second kappa shape index (κ2) is 8.25. The molecule has 0 aromatic carbocycles. The van der Waals surface area contributed by atoms with E-state index in [1.54, 1.807) is 0 Å². The fourth-order valence-electron chi connectivity index (χ4n) is 2.80. The molecule has 0 aliphatic carbocycles.